The van der Waals surface area contributed by atoms with Crippen molar-refractivity contribution < 1.29 is 72.1 Å². The van der Waals surface area contributed by atoms with Gasteiger partial charge in [0.05, 0.1) is 36.8 Å². The summed E-state index contributed by atoms with van der Waals surface area (Å²) in [5.41, 5.74) is -0.725. The first-order valence-corrected chi connectivity index (χ1v) is 18.8. The first-order chi connectivity index (χ1) is 26.1. The molecule has 8 unspecified atom stereocenters. The number of hydrogen-bond donors (Lipinski definition) is 3. The van der Waals surface area contributed by atoms with E-state index < -0.39 is 96.6 Å². The molecule has 0 saturated carbocycles. The number of benzene rings is 2. The molecule has 2 aromatic rings. The quantitative estimate of drug-likeness (QED) is 0.0715. The largest absolute Gasteiger partial charge is 0.477 e. The molecule has 1 aliphatic heterocycles. The summed E-state index contributed by atoms with van der Waals surface area (Å²) in [7, 11) is 0. The molecule has 0 aromatic heterocycles. The molecule has 0 bridgehead atoms. The van der Waals surface area contributed by atoms with E-state index in [1.807, 2.05) is 0 Å². The zero-order valence-corrected chi connectivity index (χ0v) is 32.2. The summed E-state index contributed by atoms with van der Waals surface area (Å²) in [4.78, 5) is 75.2. The van der Waals surface area contributed by atoms with E-state index in [0.29, 0.717) is 5.75 Å². The summed E-state index contributed by atoms with van der Waals surface area (Å²) in [6.07, 6.45) is -8.92. The number of amides is 1. The van der Waals surface area contributed by atoms with E-state index in [0.717, 1.165) is 18.7 Å². The fourth-order valence-corrected chi connectivity index (χ4v) is 6.57. The van der Waals surface area contributed by atoms with Crippen molar-refractivity contribution in [2.45, 2.75) is 102 Å². The van der Waals surface area contributed by atoms with Crippen LogP contribution in [0.15, 0.2) is 60.7 Å². The van der Waals surface area contributed by atoms with Gasteiger partial charge in [0.1, 0.15) is 36.5 Å². The van der Waals surface area contributed by atoms with Gasteiger partial charge in [0.2, 0.25) is 5.91 Å². The Morgan fingerprint density at radius 3 is 2.05 bits per heavy atom. The molecular formula is C38H49NO15S. The maximum Gasteiger partial charge on any atom is 0.364 e. The highest BCUT2D eigenvalue weighted by atomic mass is 32.2. The Kier molecular flexibility index (Phi) is 18.0. The summed E-state index contributed by atoms with van der Waals surface area (Å²) in [6, 6.07) is 16.0. The van der Waals surface area contributed by atoms with E-state index in [4.69, 9.17) is 33.2 Å². The molecule has 302 valence electrons. The van der Waals surface area contributed by atoms with Crippen LogP contribution in [-0.4, -0.2) is 119 Å². The predicted molar refractivity (Wildman–Crippen MR) is 196 cm³/mol. The normalized spacial score (nSPS) is 21.5. The smallest absolute Gasteiger partial charge is 0.364 e. The number of carboxylic acid groups (broad SMARTS) is 1. The summed E-state index contributed by atoms with van der Waals surface area (Å²) in [6.45, 7) is 6.05. The minimum Gasteiger partial charge on any atom is -0.477 e. The van der Waals surface area contributed by atoms with Crippen molar-refractivity contribution in [3.05, 3.63) is 71.8 Å². The molecule has 17 heteroatoms. The van der Waals surface area contributed by atoms with Crippen LogP contribution in [-0.2, 0) is 52.3 Å². The standard InChI is InChI=1S/C38H49NO15S/c1-6-55-36-33(52-35(45)28-17-11-8-12-18-28)32(31(43)30(51-36)22-49-34(44)27-15-9-7-10-16-27)54-38(37(46)47,53-23(2)14-13-19-48-25(4)41)20-29(50-26(5)42)21-39-24(3)40/h7-12,15-18,23,29-33,36,43H,6,13-14,19-22H2,1-5H3,(H,39,40)(H,46,47). The second kappa shape index (κ2) is 22.1. The molecule has 1 saturated heterocycles. The van der Waals surface area contributed by atoms with E-state index in [-0.39, 0.29) is 37.1 Å². The minimum atomic E-state index is -2.74. The van der Waals surface area contributed by atoms with Crippen LogP contribution < -0.4 is 5.32 Å². The Labute approximate surface area is 323 Å². The average Bonchev–Trinajstić information content (AvgIpc) is 3.14. The SMILES string of the molecule is CCSC1OC(COC(=O)c2ccccc2)C(O)C(OC(CC(CNC(C)=O)OC(C)=O)(OC(C)CCCOC(C)=O)C(=O)O)C1OC(=O)c1ccccc1. The number of aliphatic hydroxyl groups excluding tert-OH is 1. The number of carbonyl (C=O) groups is 6. The van der Waals surface area contributed by atoms with E-state index in [1.54, 1.807) is 50.2 Å². The fraction of sp³-hybridized carbons (Fsp3) is 0.526. The number of carboxylic acids is 1. The van der Waals surface area contributed by atoms with Gasteiger partial charge in [-0.05, 0) is 49.8 Å². The lowest BCUT2D eigenvalue weighted by molar-refractivity contribution is -0.322. The van der Waals surface area contributed by atoms with Gasteiger partial charge in [0.25, 0.3) is 5.79 Å². The number of ether oxygens (including phenoxy) is 7. The molecule has 16 nitrogen and oxygen atoms in total. The van der Waals surface area contributed by atoms with E-state index in [9.17, 15) is 39.0 Å². The fourth-order valence-electron chi connectivity index (χ4n) is 5.62. The van der Waals surface area contributed by atoms with Crippen LogP contribution in [0, 0.1) is 0 Å². The third-order valence-electron chi connectivity index (χ3n) is 8.10. The Morgan fingerprint density at radius 1 is 0.891 bits per heavy atom. The molecule has 2 aromatic carbocycles. The summed E-state index contributed by atoms with van der Waals surface area (Å²) in [5.74, 6) is -7.43. The van der Waals surface area contributed by atoms with Crippen molar-refractivity contribution in [2.75, 3.05) is 25.5 Å². The third-order valence-corrected chi connectivity index (χ3v) is 9.14. The van der Waals surface area contributed by atoms with Gasteiger partial charge < -0.3 is 48.7 Å². The van der Waals surface area contributed by atoms with Crippen molar-refractivity contribution in [3.63, 3.8) is 0 Å². The highest BCUT2D eigenvalue weighted by molar-refractivity contribution is 7.99. The lowest BCUT2D eigenvalue weighted by Crippen LogP contribution is -2.64. The van der Waals surface area contributed by atoms with E-state index in [2.05, 4.69) is 5.32 Å². The first-order valence-electron chi connectivity index (χ1n) is 17.7. The molecular weight excluding hydrogens is 742 g/mol. The molecule has 1 aliphatic rings. The van der Waals surface area contributed by atoms with Gasteiger partial charge in [0.15, 0.2) is 6.10 Å². The summed E-state index contributed by atoms with van der Waals surface area (Å²) >= 11 is 1.16. The van der Waals surface area contributed by atoms with Crippen LogP contribution >= 0.6 is 11.8 Å². The molecule has 0 aliphatic carbocycles. The molecule has 8 atom stereocenters. The lowest BCUT2D eigenvalue weighted by atomic mass is 9.98. The summed E-state index contributed by atoms with van der Waals surface area (Å²) in [5, 5.41) is 25.4. The maximum absolute atomic E-state index is 13.5. The maximum atomic E-state index is 13.5. The predicted octanol–water partition coefficient (Wildman–Crippen LogP) is 3.28. The number of esters is 4. The number of thioether (sulfide) groups is 1. The topological polar surface area (TPSA) is 220 Å². The van der Waals surface area contributed by atoms with Crippen LogP contribution in [0.25, 0.3) is 0 Å². The molecule has 55 heavy (non-hydrogen) atoms. The van der Waals surface area contributed by atoms with Gasteiger partial charge in [-0.1, -0.05) is 43.3 Å². The van der Waals surface area contributed by atoms with Crippen molar-refractivity contribution >= 4 is 47.5 Å². The van der Waals surface area contributed by atoms with Crippen LogP contribution in [0.5, 0.6) is 0 Å². The number of nitrogens with one attached hydrogen (secondary N) is 1. The zero-order chi connectivity index (χ0) is 40.5. The Hall–Kier alpha value is -4.55. The number of rotatable bonds is 21. The Balaban J connectivity index is 2.10. The zero-order valence-electron chi connectivity index (χ0n) is 31.4. The molecule has 3 rings (SSSR count). The van der Waals surface area contributed by atoms with Crippen LogP contribution in [0.2, 0.25) is 0 Å². The average molecular weight is 792 g/mol. The van der Waals surface area contributed by atoms with Gasteiger partial charge in [-0.15, -0.1) is 11.8 Å². The first kappa shape index (κ1) is 44.8. The highest BCUT2D eigenvalue weighted by Gasteiger charge is 2.56. The van der Waals surface area contributed by atoms with Crippen LogP contribution in [0.3, 0.4) is 0 Å². The Bertz CT molecular complexity index is 1580. The molecule has 1 fully saturated rings. The number of hydrogen-bond acceptors (Lipinski definition) is 15. The Morgan fingerprint density at radius 2 is 1.51 bits per heavy atom. The second-order valence-electron chi connectivity index (χ2n) is 12.6. The highest BCUT2D eigenvalue weighted by Crippen LogP contribution is 2.37. The second-order valence-corrected chi connectivity index (χ2v) is 14.0. The van der Waals surface area contributed by atoms with Crippen molar-refractivity contribution in [2.24, 2.45) is 0 Å². The van der Waals surface area contributed by atoms with Gasteiger partial charge in [-0.2, -0.15) is 0 Å². The van der Waals surface area contributed by atoms with E-state index >= 15 is 0 Å². The lowest BCUT2D eigenvalue weighted by Gasteiger charge is -2.46. The van der Waals surface area contributed by atoms with Gasteiger partial charge in [-0.3, -0.25) is 14.4 Å². The van der Waals surface area contributed by atoms with Gasteiger partial charge in [-0.25, -0.2) is 14.4 Å². The van der Waals surface area contributed by atoms with Gasteiger partial charge in [0, 0.05) is 20.8 Å². The monoisotopic (exact) mass is 791 g/mol. The van der Waals surface area contributed by atoms with E-state index in [1.165, 1.54) is 38.1 Å². The number of aliphatic carboxylic acids is 1. The minimum absolute atomic E-state index is 0.0120. The summed E-state index contributed by atoms with van der Waals surface area (Å²) < 4.78 is 40.5. The van der Waals surface area contributed by atoms with Crippen molar-refractivity contribution in [1.82, 2.24) is 5.32 Å². The molecule has 3 N–H and O–H groups in total. The number of carbonyl (C=O) groups excluding carboxylic acids is 5. The van der Waals surface area contributed by atoms with Crippen LogP contribution in [0.1, 0.15) is 74.6 Å². The molecule has 1 amide bonds. The third kappa shape index (κ3) is 14.2. The molecule has 0 radical (unpaired) electrons. The molecule has 1 heterocycles. The van der Waals surface area contributed by atoms with Crippen molar-refractivity contribution in [3.8, 4) is 0 Å². The van der Waals surface area contributed by atoms with Gasteiger partial charge >= 0.3 is 29.8 Å². The van der Waals surface area contributed by atoms with Crippen LogP contribution in [0.4, 0.5) is 0 Å². The molecule has 0 spiro atoms. The number of aliphatic hydroxyl groups is 1. The van der Waals surface area contributed by atoms with Crippen molar-refractivity contribution in [1.29, 1.82) is 0 Å².